The number of benzene rings is 1. The van der Waals surface area contributed by atoms with Crippen LogP contribution in [0, 0.1) is 5.92 Å². The van der Waals surface area contributed by atoms with Crippen LogP contribution in [-0.2, 0) is 22.4 Å². The fourth-order valence-electron chi connectivity index (χ4n) is 3.92. The maximum absolute atomic E-state index is 12.7. The highest BCUT2D eigenvalue weighted by molar-refractivity contribution is 5.77. The fourth-order valence-corrected chi connectivity index (χ4v) is 3.92. The zero-order valence-electron chi connectivity index (χ0n) is 14.2. The number of carbonyl (C=O) groups is 2. The minimum atomic E-state index is -0.296. The van der Waals surface area contributed by atoms with Crippen molar-refractivity contribution in [3.05, 3.63) is 35.4 Å². The lowest BCUT2D eigenvalue weighted by molar-refractivity contribution is -0.132. The number of amides is 2. The molecule has 1 aliphatic carbocycles. The molecule has 24 heavy (non-hydrogen) atoms. The predicted molar refractivity (Wildman–Crippen MR) is 93.4 cm³/mol. The van der Waals surface area contributed by atoms with E-state index in [1.165, 1.54) is 11.1 Å². The van der Waals surface area contributed by atoms with E-state index in [0.717, 1.165) is 45.3 Å². The number of primary amides is 1. The minimum Gasteiger partial charge on any atom is -0.369 e. The van der Waals surface area contributed by atoms with Gasteiger partial charge < -0.3 is 10.6 Å². The molecule has 5 heteroatoms. The molecule has 3 rings (SSSR count). The average Bonchev–Trinajstić information content (AvgIpc) is 2.80. The third-order valence-electron chi connectivity index (χ3n) is 5.23. The van der Waals surface area contributed by atoms with E-state index in [1.54, 1.807) is 0 Å². The molecule has 2 N–H and O–H groups in total. The predicted octanol–water partition coefficient (Wildman–Crippen LogP) is 1.20. The SMILES string of the molecule is NC(=O)CN1CCCN(C(=O)C[C@@H]2CCc3ccccc3C2)CC1. The molecule has 2 aliphatic rings. The van der Waals surface area contributed by atoms with Crippen molar-refractivity contribution >= 4 is 11.8 Å². The third kappa shape index (κ3) is 4.35. The summed E-state index contributed by atoms with van der Waals surface area (Å²) in [5, 5.41) is 0. The molecule has 0 radical (unpaired) electrons. The Morgan fingerprint density at radius 1 is 1.08 bits per heavy atom. The molecular formula is C19H27N3O2. The van der Waals surface area contributed by atoms with Crippen LogP contribution in [0.25, 0.3) is 0 Å². The lowest BCUT2D eigenvalue weighted by Gasteiger charge is -2.27. The lowest BCUT2D eigenvalue weighted by atomic mass is 9.82. The van der Waals surface area contributed by atoms with Crippen LogP contribution in [0.3, 0.4) is 0 Å². The molecule has 1 saturated heterocycles. The van der Waals surface area contributed by atoms with Crippen LogP contribution in [0.2, 0.25) is 0 Å². The summed E-state index contributed by atoms with van der Waals surface area (Å²) in [5.41, 5.74) is 8.12. The van der Waals surface area contributed by atoms with Crippen molar-refractivity contribution < 1.29 is 9.59 Å². The van der Waals surface area contributed by atoms with Gasteiger partial charge in [0, 0.05) is 32.6 Å². The van der Waals surface area contributed by atoms with Gasteiger partial charge in [-0.25, -0.2) is 0 Å². The second-order valence-corrected chi connectivity index (χ2v) is 7.06. The Morgan fingerprint density at radius 2 is 1.88 bits per heavy atom. The van der Waals surface area contributed by atoms with Gasteiger partial charge in [0.2, 0.25) is 11.8 Å². The van der Waals surface area contributed by atoms with Gasteiger partial charge in [-0.15, -0.1) is 0 Å². The Balaban J connectivity index is 1.51. The molecule has 5 nitrogen and oxygen atoms in total. The number of nitrogens with zero attached hydrogens (tertiary/aromatic N) is 2. The Morgan fingerprint density at radius 3 is 2.67 bits per heavy atom. The van der Waals surface area contributed by atoms with Gasteiger partial charge >= 0.3 is 0 Å². The molecule has 1 aromatic rings. The van der Waals surface area contributed by atoms with Crippen molar-refractivity contribution in [3.63, 3.8) is 0 Å². The first-order chi connectivity index (χ1) is 11.6. The van der Waals surface area contributed by atoms with Crippen LogP contribution in [0.4, 0.5) is 0 Å². The van der Waals surface area contributed by atoms with Gasteiger partial charge in [-0.2, -0.15) is 0 Å². The van der Waals surface area contributed by atoms with Crippen molar-refractivity contribution in [1.82, 2.24) is 9.80 Å². The second-order valence-electron chi connectivity index (χ2n) is 7.06. The first-order valence-electron chi connectivity index (χ1n) is 8.97. The number of hydrogen-bond donors (Lipinski definition) is 1. The maximum Gasteiger partial charge on any atom is 0.231 e. The summed E-state index contributed by atoms with van der Waals surface area (Å²) in [4.78, 5) is 27.8. The molecular weight excluding hydrogens is 302 g/mol. The zero-order valence-corrected chi connectivity index (χ0v) is 14.2. The van der Waals surface area contributed by atoms with E-state index in [4.69, 9.17) is 5.73 Å². The van der Waals surface area contributed by atoms with Crippen molar-refractivity contribution in [3.8, 4) is 0 Å². The molecule has 1 heterocycles. The van der Waals surface area contributed by atoms with Crippen molar-refractivity contribution in [2.75, 3.05) is 32.7 Å². The highest BCUT2D eigenvalue weighted by Gasteiger charge is 2.25. The molecule has 0 saturated carbocycles. The molecule has 0 aromatic heterocycles. The fraction of sp³-hybridized carbons (Fsp3) is 0.579. The quantitative estimate of drug-likeness (QED) is 0.903. The van der Waals surface area contributed by atoms with Gasteiger partial charge in [-0.05, 0) is 42.7 Å². The molecule has 2 amide bonds. The van der Waals surface area contributed by atoms with Crippen molar-refractivity contribution in [2.24, 2.45) is 11.7 Å². The summed E-state index contributed by atoms with van der Waals surface area (Å²) >= 11 is 0. The number of carbonyl (C=O) groups excluding carboxylic acids is 2. The second kappa shape index (κ2) is 7.79. The number of hydrogen-bond acceptors (Lipinski definition) is 3. The minimum absolute atomic E-state index is 0.264. The van der Waals surface area contributed by atoms with E-state index in [2.05, 4.69) is 24.3 Å². The lowest BCUT2D eigenvalue weighted by Crippen LogP contribution is -2.38. The number of fused-ring (bicyclic) bond motifs is 1. The molecule has 1 fully saturated rings. The van der Waals surface area contributed by atoms with Crippen LogP contribution >= 0.6 is 0 Å². The number of nitrogens with two attached hydrogens (primary N) is 1. The van der Waals surface area contributed by atoms with E-state index in [1.807, 2.05) is 9.80 Å². The van der Waals surface area contributed by atoms with Crippen LogP contribution in [0.1, 0.15) is 30.4 Å². The first kappa shape index (κ1) is 17.0. The topological polar surface area (TPSA) is 66.6 Å². The molecule has 0 unspecified atom stereocenters. The first-order valence-corrected chi connectivity index (χ1v) is 8.97. The van der Waals surface area contributed by atoms with E-state index >= 15 is 0 Å². The summed E-state index contributed by atoms with van der Waals surface area (Å²) in [6, 6.07) is 8.58. The summed E-state index contributed by atoms with van der Waals surface area (Å²) in [5.74, 6) is 0.424. The standard InChI is InChI=1S/C19H27N3O2/c20-18(23)14-21-8-3-9-22(11-10-21)19(24)13-15-6-7-16-4-1-2-5-17(16)12-15/h1-2,4-5,15H,3,6-14H2,(H2,20,23)/t15-/m1/s1. The van der Waals surface area contributed by atoms with Gasteiger partial charge in [0.25, 0.3) is 0 Å². The highest BCUT2D eigenvalue weighted by Crippen LogP contribution is 2.28. The summed E-state index contributed by atoms with van der Waals surface area (Å²) in [6.07, 6.45) is 4.76. The summed E-state index contributed by atoms with van der Waals surface area (Å²) < 4.78 is 0. The molecule has 0 spiro atoms. The summed E-state index contributed by atoms with van der Waals surface area (Å²) in [7, 11) is 0. The molecule has 0 bridgehead atoms. The van der Waals surface area contributed by atoms with E-state index in [0.29, 0.717) is 25.4 Å². The van der Waals surface area contributed by atoms with Gasteiger partial charge in [0.05, 0.1) is 6.54 Å². The van der Waals surface area contributed by atoms with Crippen LogP contribution in [0.15, 0.2) is 24.3 Å². The Kier molecular flexibility index (Phi) is 5.51. The van der Waals surface area contributed by atoms with Crippen molar-refractivity contribution in [1.29, 1.82) is 0 Å². The average molecular weight is 329 g/mol. The van der Waals surface area contributed by atoms with Crippen molar-refractivity contribution in [2.45, 2.75) is 32.1 Å². The summed E-state index contributed by atoms with van der Waals surface area (Å²) in [6.45, 7) is 3.36. The Hall–Kier alpha value is -1.88. The molecule has 130 valence electrons. The molecule has 1 aliphatic heterocycles. The largest absolute Gasteiger partial charge is 0.369 e. The van der Waals surface area contributed by atoms with Gasteiger partial charge in [-0.1, -0.05) is 24.3 Å². The molecule has 1 aromatic carbocycles. The third-order valence-corrected chi connectivity index (χ3v) is 5.23. The van der Waals surface area contributed by atoms with Gasteiger partial charge in [0.1, 0.15) is 0 Å². The number of aryl methyl sites for hydroxylation is 1. The Labute approximate surface area is 143 Å². The van der Waals surface area contributed by atoms with E-state index in [-0.39, 0.29) is 11.8 Å². The monoisotopic (exact) mass is 329 g/mol. The maximum atomic E-state index is 12.7. The van der Waals surface area contributed by atoms with Crippen LogP contribution in [0.5, 0.6) is 0 Å². The highest BCUT2D eigenvalue weighted by atomic mass is 16.2. The van der Waals surface area contributed by atoms with Crippen LogP contribution < -0.4 is 5.73 Å². The number of rotatable bonds is 4. The van der Waals surface area contributed by atoms with E-state index < -0.39 is 0 Å². The smallest absolute Gasteiger partial charge is 0.231 e. The van der Waals surface area contributed by atoms with Crippen LogP contribution in [-0.4, -0.2) is 54.3 Å². The van der Waals surface area contributed by atoms with Gasteiger partial charge in [0.15, 0.2) is 0 Å². The van der Waals surface area contributed by atoms with E-state index in [9.17, 15) is 9.59 Å². The normalized spacial score (nSPS) is 21.8. The molecule has 1 atom stereocenters. The zero-order chi connectivity index (χ0) is 16.9. The Bertz CT molecular complexity index is 602. The van der Waals surface area contributed by atoms with Gasteiger partial charge in [-0.3, -0.25) is 14.5 Å².